The molecule has 0 aromatic heterocycles. The summed E-state index contributed by atoms with van der Waals surface area (Å²) in [6.45, 7) is 3.16. The molecule has 21 heavy (non-hydrogen) atoms. The second kappa shape index (κ2) is 6.10. The van der Waals surface area contributed by atoms with Gasteiger partial charge in [-0.1, -0.05) is 18.5 Å². The van der Waals surface area contributed by atoms with Crippen LogP contribution >= 0.6 is 22.3 Å². The van der Waals surface area contributed by atoms with Gasteiger partial charge in [-0.2, -0.15) is 0 Å². The highest BCUT2D eigenvalue weighted by Gasteiger charge is 2.27. The van der Waals surface area contributed by atoms with E-state index in [0.717, 1.165) is 25.0 Å². The standard InChI is InChI=1S/C13H14Cl2FNO3S/c1-8-3-2-4-17(7-8)13(18)9-5-12(21(15,19)20)11(16)6-10(9)14/h5-6,8H,2-4,7H2,1H3. The Balaban J connectivity index is 2.41. The summed E-state index contributed by atoms with van der Waals surface area (Å²) in [4.78, 5) is 13.3. The van der Waals surface area contributed by atoms with E-state index in [2.05, 4.69) is 0 Å². The molecule has 8 heteroatoms. The molecule has 1 aromatic rings. The summed E-state index contributed by atoms with van der Waals surface area (Å²) in [5.74, 6) is -1.12. The SMILES string of the molecule is CC1CCCN(C(=O)c2cc(S(=O)(=O)Cl)c(F)cc2Cl)C1. The zero-order valence-electron chi connectivity index (χ0n) is 11.3. The first-order chi connectivity index (χ1) is 9.70. The van der Waals surface area contributed by atoms with Crippen molar-refractivity contribution in [3.63, 3.8) is 0 Å². The number of amides is 1. The van der Waals surface area contributed by atoms with Crippen molar-refractivity contribution in [3.8, 4) is 0 Å². The van der Waals surface area contributed by atoms with E-state index < -0.39 is 25.7 Å². The average Bonchev–Trinajstić information content (AvgIpc) is 2.36. The smallest absolute Gasteiger partial charge is 0.264 e. The average molecular weight is 354 g/mol. The lowest BCUT2D eigenvalue weighted by molar-refractivity contribution is 0.0683. The minimum absolute atomic E-state index is 0.0496. The molecule has 1 aromatic carbocycles. The lowest BCUT2D eigenvalue weighted by Gasteiger charge is -2.31. The number of hydrogen-bond donors (Lipinski definition) is 0. The number of carbonyl (C=O) groups is 1. The van der Waals surface area contributed by atoms with Crippen molar-refractivity contribution >= 4 is 37.2 Å². The van der Waals surface area contributed by atoms with Crippen molar-refractivity contribution in [1.29, 1.82) is 0 Å². The van der Waals surface area contributed by atoms with Crippen molar-refractivity contribution in [2.75, 3.05) is 13.1 Å². The van der Waals surface area contributed by atoms with Crippen LogP contribution in [0.4, 0.5) is 4.39 Å². The summed E-state index contributed by atoms with van der Waals surface area (Å²) in [6, 6.07) is 1.71. The zero-order valence-corrected chi connectivity index (χ0v) is 13.6. The van der Waals surface area contributed by atoms with Crippen LogP contribution in [0.5, 0.6) is 0 Å². The van der Waals surface area contributed by atoms with Crippen LogP contribution in [0.1, 0.15) is 30.1 Å². The lowest BCUT2D eigenvalue weighted by Crippen LogP contribution is -2.39. The predicted molar refractivity (Wildman–Crippen MR) is 78.8 cm³/mol. The Hall–Kier alpha value is -0.850. The summed E-state index contributed by atoms with van der Waals surface area (Å²) < 4.78 is 36.3. The van der Waals surface area contributed by atoms with Gasteiger partial charge in [-0.3, -0.25) is 4.79 Å². The van der Waals surface area contributed by atoms with Crippen molar-refractivity contribution in [3.05, 3.63) is 28.5 Å². The minimum atomic E-state index is -4.28. The third-order valence-electron chi connectivity index (χ3n) is 3.46. The van der Waals surface area contributed by atoms with Gasteiger partial charge in [0.25, 0.3) is 15.0 Å². The van der Waals surface area contributed by atoms with Crippen molar-refractivity contribution < 1.29 is 17.6 Å². The summed E-state index contributed by atoms with van der Waals surface area (Å²) in [7, 11) is 0.886. The molecule has 4 nitrogen and oxygen atoms in total. The van der Waals surface area contributed by atoms with Gasteiger partial charge in [-0.05, 0) is 30.9 Å². The first kappa shape index (κ1) is 16.5. The second-order valence-corrected chi connectivity index (χ2v) is 8.14. The normalized spacial score (nSPS) is 19.6. The van der Waals surface area contributed by atoms with Crippen LogP contribution < -0.4 is 0 Å². The molecular formula is C13H14Cl2FNO3S. The summed E-state index contributed by atoms with van der Waals surface area (Å²) in [6.07, 6.45) is 1.90. The van der Waals surface area contributed by atoms with Crippen LogP contribution in [0.15, 0.2) is 17.0 Å². The van der Waals surface area contributed by atoms with Crippen LogP contribution in [0.25, 0.3) is 0 Å². The maximum Gasteiger partial charge on any atom is 0.264 e. The number of benzene rings is 1. The van der Waals surface area contributed by atoms with E-state index in [-0.39, 0.29) is 10.6 Å². The van der Waals surface area contributed by atoms with Crippen LogP contribution in [-0.2, 0) is 9.05 Å². The Morgan fingerprint density at radius 2 is 2.10 bits per heavy atom. The molecule has 1 heterocycles. The maximum atomic E-state index is 13.6. The first-order valence-electron chi connectivity index (χ1n) is 6.43. The van der Waals surface area contributed by atoms with Gasteiger partial charge in [0.15, 0.2) is 0 Å². The van der Waals surface area contributed by atoms with Gasteiger partial charge in [-0.15, -0.1) is 0 Å². The largest absolute Gasteiger partial charge is 0.338 e. The highest BCUT2D eigenvalue weighted by molar-refractivity contribution is 8.13. The van der Waals surface area contributed by atoms with Crippen molar-refractivity contribution in [1.82, 2.24) is 4.90 Å². The quantitative estimate of drug-likeness (QED) is 0.766. The Bertz CT molecular complexity index is 678. The molecule has 2 rings (SSSR count). The van der Waals surface area contributed by atoms with E-state index in [1.807, 2.05) is 6.92 Å². The van der Waals surface area contributed by atoms with Crippen molar-refractivity contribution in [2.45, 2.75) is 24.7 Å². The Morgan fingerprint density at radius 1 is 1.43 bits per heavy atom. The van der Waals surface area contributed by atoms with Gasteiger partial charge in [0.05, 0.1) is 10.6 Å². The maximum absolute atomic E-state index is 13.6. The molecule has 0 radical (unpaired) electrons. The van der Waals surface area contributed by atoms with E-state index in [4.69, 9.17) is 22.3 Å². The fourth-order valence-electron chi connectivity index (χ4n) is 2.42. The van der Waals surface area contributed by atoms with Gasteiger partial charge in [-0.25, -0.2) is 12.8 Å². The van der Waals surface area contributed by atoms with Crippen LogP contribution in [0, 0.1) is 11.7 Å². The number of rotatable bonds is 2. The molecule has 116 valence electrons. The molecule has 0 N–H and O–H groups in total. The highest BCUT2D eigenvalue weighted by Crippen LogP contribution is 2.28. The van der Waals surface area contributed by atoms with Crippen LogP contribution in [0.3, 0.4) is 0 Å². The molecule has 1 atom stereocenters. The van der Waals surface area contributed by atoms with Crippen molar-refractivity contribution in [2.24, 2.45) is 5.92 Å². The van der Waals surface area contributed by atoms with E-state index in [1.165, 1.54) is 0 Å². The van der Waals surface area contributed by atoms with Crippen LogP contribution in [0.2, 0.25) is 5.02 Å². The van der Waals surface area contributed by atoms with Gasteiger partial charge in [0.1, 0.15) is 10.7 Å². The minimum Gasteiger partial charge on any atom is -0.338 e. The number of carbonyl (C=O) groups excluding carboxylic acids is 1. The highest BCUT2D eigenvalue weighted by atomic mass is 35.7. The molecule has 1 amide bonds. The molecule has 0 aliphatic carbocycles. The summed E-state index contributed by atoms with van der Waals surface area (Å²) in [5.41, 5.74) is -0.0496. The van der Waals surface area contributed by atoms with Gasteiger partial charge in [0.2, 0.25) is 0 Å². The number of nitrogens with zero attached hydrogens (tertiary/aromatic N) is 1. The Morgan fingerprint density at radius 3 is 2.67 bits per heavy atom. The molecule has 1 aliphatic heterocycles. The molecule has 0 saturated carbocycles. The van der Waals surface area contributed by atoms with E-state index in [9.17, 15) is 17.6 Å². The molecule has 1 saturated heterocycles. The van der Waals surface area contributed by atoms with E-state index in [0.29, 0.717) is 19.0 Å². The van der Waals surface area contributed by atoms with Gasteiger partial charge in [0, 0.05) is 23.8 Å². The fraction of sp³-hybridized carbons (Fsp3) is 0.462. The predicted octanol–water partition coefficient (Wildman–Crippen LogP) is 3.28. The van der Waals surface area contributed by atoms with Crippen LogP contribution in [-0.4, -0.2) is 32.3 Å². The Labute approximate surface area is 132 Å². The summed E-state index contributed by atoms with van der Waals surface area (Å²) in [5, 5.41) is -0.125. The molecule has 1 fully saturated rings. The zero-order chi connectivity index (χ0) is 15.8. The molecular weight excluding hydrogens is 340 g/mol. The topological polar surface area (TPSA) is 54.5 Å². The van der Waals surface area contributed by atoms with E-state index >= 15 is 0 Å². The number of likely N-dealkylation sites (tertiary alicyclic amines) is 1. The fourth-order valence-corrected chi connectivity index (χ4v) is 3.56. The third-order valence-corrected chi connectivity index (χ3v) is 5.11. The molecule has 1 aliphatic rings. The Kier molecular flexibility index (Phi) is 4.80. The summed E-state index contributed by atoms with van der Waals surface area (Å²) >= 11 is 5.88. The second-order valence-electron chi connectivity index (χ2n) is 5.20. The molecule has 1 unspecified atom stereocenters. The van der Waals surface area contributed by atoms with Gasteiger partial charge >= 0.3 is 0 Å². The first-order valence-corrected chi connectivity index (χ1v) is 9.12. The number of hydrogen-bond acceptors (Lipinski definition) is 3. The molecule has 0 spiro atoms. The van der Waals surface area contributed by atoms with E-state index in [1.54, 1.807) is 4.90 Å². The molecule has 0 bridgehead atoms. The number of piperidine rings is 1. The monoisotopic (exact) mass is 353 g/mol. The number of halogens is 3. The van der Waals surface area contributed by atoms with Gasteiger partial charge < -0.3 is 4.90 Å². The lowest BCUT2D eigenvalue weighted by atomic mass is 9.99. The third kappa shape index (κ3) is 3.67.